The van der Waals surface area contributed by atoms with E-state index in [1.165, 1.54) is 0 Å². The van der Waals surface area contributed by atoms with Crippen LogP contribution in [0.5, 0.6) is 0 Å². The largest absolute Gasteiger partial charge is 0.413 e. The Bertz CT molecular complexity index is 780. The van der Waals surface area contributed by atoms with Gasteiger partial charge in [-0.25, -0.2) is 0 Å². The van der Waals surface area contributed by atoms with E-state index in [2.05, 4.69) is 46.9 Å². The molecule has 34 heavy (non-hydrogen) atoms. The molecule has 7 nitrogen and oxygen atoms in total. The van der Waals surface area contributed by atoms with E-state index in [9.17, 15) is 5.26 Å². The minimum Gasteiger partial charge on any atom is -0.413 e. The van der Waals surface area contributed by atoms with E-state index in [-0.39, 0.29) is 41.3 Å². The number of hydrogen-bond donors (Lipinski definition) is 0. The third-order valence-electron chi connectivity index (χ3n) is 9.67. The van der Waals surface area contributed by atoms with Gasteiger partial charge in [-0.2, -0.15) is 5.26 Å². The fraction of sp³-hybridized carbons (Fsp3) is 0.962. The number of rotatable bonds is 6. The van der Waals surface area contributed by atoms with E-state index >= 15 is 0 Å². The van der Waals surface area contributed by atoms with Crippen molar-refractivity contribution in [2.24, 2.45) is 23.2 Å². The Balaban J connectivity index is 1.92. The molecule has 0 aromatic rings. The molecule has 4 rings (SSSR count). The minimum absolute atomic E-state index is 0.00505. The lowest BCUT2D eigenvalue weighted by atomic mass is 9.64. The van der Waals surface area contributed by atoms with Gasteiger partial charge in [0, 0.05) is 19.6 Å². The first kappa shape index (κ1) is 26.5. The molecule has 1 heterocycles. The Morgan fingerprint density at radius 2 is 1.88 bits per heavy atom. The fourth-order valence-corrected chi connectivity index (χ4v) is 8.73. The maximum Gasteiger partial charge on any atom is 0.272 e. The maximum absolute atomic E-state index is 10.4. The summed E-state index contributed by atoms with van der Waals surface area (Å²) in [5, 5.41) is 10.5. The molecule has 0 N–H and O–H groups in total. The van der Waals surface area contributed by atoms with Crippen LogP contribution in [0, 0.1) is 34.5 Å². The molecule has 4 aliphatic rings. The second-order valence-electron chi connectivity index (χ2n) is 12.6. The summed E-state index contributed by atoms with van der Waals surface area (Å²) in [7, 11) is 1.13. The molecule has 194 valence electrons. The SMILES string of the molecule is COCO[C@H]1[C@H](C)C[C@@]23CCCC[C@@H](C[C@H](C#N)[C@H]4O[C@@H](OC)O[C@@]412)[C@@H]3O[Si](C)(C)C(C)(C)C. The Hall–Kier alpha value is -0.533. The highest BCUT2D eigenvalue weighted by Gasteiger charge is 2.77. The zero-order valence-electron chi connectivity index (χ0n) is 22.4. The van der Waals surface area contributed by atoms with E-state index in [0.717, 1.165) is 38.5 Å². The van der Waals surface area contributed by atoms with Crippen molar-refractivity contribution in [1.82, 2.24) is 0 Å². The predicted octanol–water partition coefficient (Wildman–Crippen LogP) is 5.21. The Morgan fingerprint density at radius 3 is 2.50 bits per heavy atom. The highest BCUT2D eigenvalue weighted by atomic mass is 28.4. The molecule has 0 unspecified atom stereocenters. The first-order chi connectivity index (χ1) is 16.0. The van der Waals surface area contributed by atoms with Gasteiger partial charge < -0.3 is 28.1 Å². The molecular weight excluding hydrogens is 450 g/mol. The quantitative estimate of drug-likeness (QED) is 0.370. The summed E-state index contributed by atoms with van der Waals surface area (Å²) in [5.74, 6) is 0.193. The zero-order chi connectivity index (χ0) is 24.9. The first-order valence-electron chi connectivity index (χ1n) is 13.0. The summed E-state index contributed by atoms with van der Waals surface area (Å²) in [6.45, 7) is 13.2. The fourth-order valence-electron chi connectivity index (χ4n) is 7.32. The molecule has 1 aliphatic heterocycles. The van der Waals surface area contributed by atoms with Crippen molar-refractivity contribution in [2.75, 3.05) is 21.0 Å². The predicted molar refractivity (Wildman–Crippen MR) is 130 cm³/mol. The molecule has 0 radical (unpaired) electrons. The normalized spacial score (nSPS) is 44.6. The van der Waals surface area contributed by atoms with E-state index in [0.29, 0.717) is 5.92 Å². The molecule has 8 heteroatoms. The molecule has 3 aliphatic carbocycles. The Morgan fingerprint density at radius 1 is 1.15 bits per heavy atom. The topological polar surface area (TPSA) is 79.2 Å². The molecule has 2 spiro atoms. The highest BCUT2D eigenvalue weighted by Crippen LogP contribution is 2.68. The lowest BCUT2D eigenvalue weighted by Crippen LogP contribution is -2.64. The van der Waals surface area contributed by atoms with Crippen LogP contribution in [0.3, 0.4) is 0 Å². The number of methoxy groups -OCH3 is 2. The number of ether oxygens (including phenoxy) is 5. The lowest BCUT2D eigenvalue weighted by molar-refractivity contribution is -0.277. The summed E-state index contributed by atoms with van der Waals surface area (Å²) in [5.41, 5.74) is -1.14. The minimum atomic E-state index is -2.12. The maximum atomic E-state index is 10.4. The van der Waals surface area contributed by atoms with Gasteiger partial charge in [-0.05, 0) is 55.7 Å². The van der Waals surface area contributed by atoms with Crippen molar-refractivity contribution >= 4 is 8.32 Å². The lowest BCUT2D eigenvalue weighted by Gasteiger charge is -2.53. The van der Waals surface area contributed by atoms with Gasteiger partial charge in [-0.1, -0.05) is 40.5 Å². The Labute approximate surface area is 206 Å². The molecule has 0 aromatic heterocycles. The molecule has 3 saturated carbocycles. The van der Waals surface area contributed by atoms with E-state index in [1.807, 2.05) is 0 Å². The smallest absolute Gasteiger partial charge is 0.272 e. The van der Waals surface area contributed by atoms with Gasteiger partial charge >= 0.3 is 0 Å². The van der Waals surface area contributed by atoms with Gasteiger partial charge in [0.25, 0.3) is 6.48 Å². The summed E-state index contributed by atoms with van der Waals surface area (Å²) < 4.78 is 38.0. The molecule has 2 bridgehead atoms. The summed E-state index contributed by atoms with van der Waals surface area (Å²) in [4.78, 5) is 0. The average molecular weight is 496 g/mol. The Kier molecular flexibility index (Phi) is 7.34. The zero-order valence-corrected chi connectivity index (χ0v) is 23.4. The van der Waals surface area contributed by atoms with Crippen LogP contribution in [0.4, 0.5) is 0 Å². The van der Waals surface area contributed by atoms with Crippen molar-refractivity contribution in [3.8, 4) is 6.07 Å². The van der Waals surface area contributed by atoms with Crippen LogP contribution >= 0.6 is 0 Å². The van der Waals surface area contributed by atoms with Crippen LogP contribution < -0.4 is 0 Å². The third kappa shape index (κ3) is 3.91. The van der Waals surface area contributed by atoms with E-state index < -0.39 is 26.5 Å². The van der Waals surface area contributed by atoms with Crippen molar-refractivity contribution < 1.29 is 28.1 Å². The van der Waals surface area contributed by atoms with Crippen LogP contribution in [0.15, 0.2) is 0 Å². The molecule has 0 aromatic carbocycles. The van der Waals surface area contributed by atoms with Crippen LogP contribution in [0.1, 0.15) is 66.2 Å². The summed E-state index contributed by atoms with van der Waals surface area (Å²) >= 11 is 0. The van der Waals surface area contributed by atoms with Crippen molar-refractivity contribution in [3.63, 3.8) is 0 Å². The molecule has 1 saturated heterocycles. The van der Waals surface area contributed by atoms with Crippen LogP contribution in [0.2, 0.25) is 18.1 Å². The van der Waals surface area contributed by atoms with Gasteiger partial charge in [-0.3, -0.25) is 0 Å². The molecular formula is C26H45NO6Si. The van der Waals surface area contributed by atoms with Gasteiger partial charge in [0.05, 0.1) is 24.2 Å². The van der Waals surface area contributed by atoms with Crippen molar-refractivity contribution in [3.05, 3.63) is 0 Å². The van der Waals surface area contributed by atoms with E-state index in [4.69, 9.17) is 28.1 Å². The van der Waals surface area contributed by atoms with Gasteiger partial charge in [-0.15, -0.1) is 0 Å². The van der Waals surface area contributed by atoms with E-state index in [1.54, 1.807) is 14.2 Å². The molecule has 0 amide bonds. The first-order valence-corrected chi connectivity index (χ1v) is 15.9. The third-order valence-corrected chi connectivity index (χ3v) is 14.1. The number of nitriles is 1. The van der Waals surface area contributed by atoms with Crippen LogP contribution in [0.25, 0.3) is 0 Å². The average Bonchev–Trinajstić information content (AvgIpc) is 3.18. The number of nitrogens with zero attached hydrogens (tertiary/aromatic N) is 1. The number of hydrogen-bond acceptors (Lipinski definition) is 7. The second kappa shape index (κ2) is 9.40. The van der Waals surface area contributed by atoms with Gasteiger partial charge in [0.1, 0.15) is 18.5 Å². The van der Waals surface area contributed by atoms with Crippen molar-refractivity contribution in [1.29, 1.82) is 5.26 Å². The highest BCUT2D eigenvalue weighted by molar-refractivity contribution is 6.74. The summed E-state index contributed by atoms with van der Waals surface area (Å²) in [6.07, 6.45) is 5.30. The standard InChI is InChI=1S/C26H45NO6Si/c1-17-14-25-12-10-9-11-18(21(25)33-34(7,8)24(2,3)4)13-19(15-27)22-26(25,20(17)30-16-28-5)32-23(29-6)31-22/h17-23H,9-14,16H2,1-8H3/t17-,18+,19-,20+,21+,22-,23-,25-,26-/m1/s1. The summed E-state index contributed by atoms with van der Waals surface area (Å²) in [6, 6.07) is 2.61. The van der Waals surface area contributed by atoms with Crippen molar-refractivity contribution in [2.45, 2.75) is 115 Å². The monoisotopic (exact) mass is 495 g/mol. The second-order valence-corrected chi connectivity index (χ2v) is 17.4. The van der Waals surface area contributed by atoms with Crippen LogP contribution in [-0.4, -0.2) is 59.7 Å². The molecule has 9 atom stereocenters. The van der Waals surface area contributed by atoms with Gasteiger partial charge in [0.2, 0.25) is 0 Å². The number of fused-ring (bicyclic) bond motifs is 1. The van der Waals surface area contributed by atoms with Gasteiger partial charge in [0.15, 0.2) is 8.32 Å². The molecule has 4 fully saturated rings. The van der Waals surface area contributed by atoms with Crippen LogP contribution in [-0.2, 0) is 28.1 Å².